The Morgan fingerprint density at radius 2 is 2.11 bits per heavy atom. The van der Waals surface area contributed by atoms with Crippen LogP contribution in [0.3, 0.4) is 0 Å². The van der Waals surface area contributed by atoms with E-state index in [-0.39, 0.29) is 5.92 Å². The Labute approximate surface area is 119 Å². The summed E-state index contributed by atoms with van der Waals surface area (Å²) in [6.45, 7) is 0.522. The lowest BCUT2D eigenvalue weighted by Crippen LogP contribution is -2.26. The van der Waals surface area contributed by atoms with E-state index in [9.17, 15) is 4.79 Å². The standard InChI is InChI=1S/C14H13BrN2O2/c15-11-4-1-9(2-5-11)13-12-6-3-10(14(18)19)7-17(12)8-16-13/h1-2,4-5,8,10H,3,6-7H2,(H,18,19). The third-order valence-corrected chi connectivity index (χ3v) is 4.09. The summed E-state index contributed by atoms with van der Waals surface area (Å²) < 4.78 is 3.01. The monoisotopic (exact) mass is 320 g/mol. The Bertz CT molecular complexity index is 619. The molecule has 19 heavy (non-hydrogen) atoms. The Balaban J connectivity index is 1.95. The van der Waals surface area contributed by atoms with Crippen LogP contribution < -0.4 is 0 Å². The van der Waals surface area contributed by atoms with Crippen molar-refractivity contribution in [1.29, 1.82) is 0 Å². The molecule has 0 spiro atoms. The van der Waals surface area contributed by atoms with Gasteiger partial charge in [-0.15, -0.1) is 0 Å². The fraction of sp³-hybridized carbons (Fsp3) is 0.286. The Kier molecular flexibility index (Phi) is 3.14. The number of carboxylic acid groups (broad SMARTS) is 1. The van der Waals surface area contributed by atoms with Crippen LogP contribution in [-0.2, 0) is 17.8 Å². The second-order valence-corrected chi connectivity index (χ2v) is 5.69. The summed E-state index contributed by atoms with van der Waals surface area (Å²) in [5.74, 6) is -1.01. The van der Waals surface area contributed by atoms with Gasteiger partial charge in [-0.3, -0.25) is 4.79 Å². The number of imidazole rings is 1. The maximum atomic E-state index is 11.0. The normalized spacial score (nSPS) is 18.1. The summed E-state index contributed by atoms with van der Waals surface area (Å²) in [5.41, 5.74) is 3.18. The maximum Gasteiger partial charge on any atom is 0.308 e. The van der Waals surface area contributed by atoms with E-state index in [1.807, 2.05) is 28.8 Å². The molecule has 0 saturated carbocycles. The molecule has 0 radical (unpaired) electrons. The molecule has 0 fully saturated rings. The lowest BCUT2D eigenvalue weighted by atomic mass is 9.96. The van der Waals surface area contributed by atoms with E-state index in [0.717, 1.165) is 27.8 Å². The summed E-state index contributed by atoms with van der Waals surface area (Å²) in [5, 5.41) is 9.08. The highest BCUT2D eigenvalue weighted by molar-refractivity contribution is 9.10. The van der Waals surface area contributed by atoms with Crippen LogP contribution in [0.15, 0.2) is 35.1 Å². The van der Waals surface area contributed by atoms with Crippen molar-refractivity contribution in [3.8, 4) is 11.3 Å². The van der Waals surface area contributed by atoms with E-state index in [1.165, 1.54) is 0 Å². The van der Waals surface area contributed by atoms with Crippen LogP contribution in [0.1, 0.15) is 12.1 Å². The van der Waals surface area contributed by atoms with Crippen LogP contribution in [0.4, 0.5) is 0 Å². The predicted octanol–water partition coefficient (Wildman–Crippen LogP) is 2.96. The first-order valence-electron chi connectivity index (χ1n) is 6.18. The fourth-order valence-electron chi connectivity index (χ4n) is 2.52. The average Bonchev–Trinajstić information content (AvgIpc) is 2.82. The number of hydrogen-bond donors (Lipinski definition) is 1. The van der Waals surface area contributed by atoms with Crippen molar-refractivity contribution in [3.05, 3.63) is 40.8 Å². The van der Waals surface area contributed by atoms with Gasteiger partial charge < -0.3 is 9.67 Å². The number of carboxylic acids is 1. The van der Waals surface area contributed by atoms with Crippen molar-refractivity contribution in [3.63, 3.8) is 0 Å². The lowest BCUT2D eigenvalue weighted by molar-refractivity contribution is -0.142. The number of hydrogen-bond acceptors (Lipinski definition) is 2. The molecule has 0 amide bonds. The second kappa shape index (κ2) is 4.81. The van der Waals surface area contributed by atoms with Crippen LogP contribution in [-0.4, -0.2) is 20.6 Å². The zero-order valence-corrected chi connectivity index (χ0v) is 11.8. The molecule has 1 aromatic carbocycles. The van der Waals surface area contributed by atoms with E-state index in [2.05, 4.69) is 20.9 Å². The van der Waals surface area contributed by atoms with Crippen LogP contribution >= 0.6 is 15.9 Å². The number of halogens is 1. The SMILES string of the molecule is O=C(O)C1CCc2c(-c3ccc(Br)cc3)ncn2C1. The van der Waals surface area contributed by atoms with Gasteiger partial charge in [-0.05, 0) is 25.0 Å². The molecule has 1 unspecified atom stereocenters. The van der Waals surface area contributed by atoms with Crippen molar-refractivity contribution in [2.45, 2.75) is 19.4 Å². The minimum atomic E-state index is -0.718. The van der Waals surface area contributed by atoms with Crippen LogP contribution in [0.2, 0.25) is 0 Å². The summed E-state index contributed by atoms with van der Waals surface area (Å²) in [7, 11) is 0. The van der Waals surface area contributed by atoms with Gasteiger partial charge in [0.1, 0.15) is 0 Å². The summed E-state index contributed by atoms with van der Waals surface area (Å²) in [6, 6.07) is 8.03. The maximum absolute atomic E-state index is 11.0. The molecule has 2 heterocycles. The van der Waals surface area contributed by atoms with Gasteiger partial charge in [0, 0.05) is 22.3 Å². The van der Waals surface area contributed by atoms with Crippen molar-refractivity contribution in [2.24, 2.45) is 5.92 Å². The summed E-state index contributed by atoms with van der Waals surface area (Å²) in [6.07, 6.45) is 3.20. The molecule has 4 nitrogen and oxygen atoms in total. The van der Waals surface area contributed by atoms with Crippen molar-refractivity contribution in [2.75, 3.05) is 0 Å². The molecule has 1 atom stereocenters. The summed E-state index contributed by atoms with van der Waals surface area (Å²) >= 11 is 3.42. The minimum absolute atomic E-state index is 0.292. The van der Waals surface area contributed by atoms with Crippen LogP contribution in [0.5, 0.6) is 0 Å². The van der Waals surface area contributed by atoms with Crippen molar-refractivity contribution in [1.82, 2.24) is 9.55 Å². The molecule has 5 heteroatoms. The quantitative estimate of drug-likeness (QED) is 0.925. The number of aromatic nitrogens is 2. The Morgan fingerprint density at radius 3 is 2.79 bits per heavy atom. The topological polar surface area (TPSA) is 55.1 Å². The molecule has 98 valence electrons. The van der Waals surface area contributed by atoms with Crippen LogP contribution in [0, 0.1) is 5.92 Å². The molecule has 0 saturated heterocycles. The Morgan fingerprint density at radius 1 is 1.37 bits per heavy atom. The molecule has 1 aromatic heterocycles. The highest BCUT2D eigenvalue weighted by Gasteiger charge is 2.26. The molecular formula is C14H13BrN2O2. The highest BCUT2D eigenvalue weighted by Crippen LogP contribution is 2.29. The zero-order chi connectivity index (χ0) is 13.4. The molecule has 0 aliphatic carbocycles. The van der Waals surface area contributed by atoms with E-state index < -0.39 is 5.97 Å². The number of aliphatic carboxylic acids is 1. The number of nitrogens with zero attached hydrogens (tertiary/aromatic N) is 2. The average molecular weight is 321 g/mol. The van der Waals surface area contributed by atoms with E-state index in [1.54, 1.807) is 6.33 Å². The predicted molar refractivity (Wildman–Crippen MR) is 74.8 cm³/mol. The largest absolute Gasteiger partial charge is 0.481 e. The van der Waals surface area contributed by atoms with Gasteiger partial charge >= 0.3 is 5.97 Å². The minimum Gasteiger partial charge on any atom is -0.481 e. The lowest BCUT2D eigenvalue weighted by Gasteiger charge is -2.21. The van der Waals surface area contributed by atoms with Crippen LogP contribution in [0.25, 0.3) is 11.3 Å². The van der Waals surface area contributed by atoms with Gasteiger partial charge in [0.15, 0.2) is 0 Å². The van der Waals surface area contributed by atoms with Gasteiger partial charge in [0.25, 0.3) is 0 Å². The smallest absolute Gasteiger partial charge is 0.308 e. The first kappa shape index (κ1) is 12.4. The van der Waals surface area contributed by atoms with Gasteiger partial charge in [-0.2, -0.15) is 0 Å². The van der Waals surface area contributed by atoms with E-state index >= 15 is 0 Å². The number of carbonyl (C=O) groups is 1. The third-order valence-electron chi connectivity index (χ3n) is 3.56. The third kappa shape index (κ3) is 2.30. The molecule has 1 N–H and O–H groups in total. The molecule has 1 aliphatic rings. The first-order valence-corrected chi connectivity index (χ1v) is 6.97. The molecule has 2 aromatic rings. The number of fused-ring (bicyclic) bond motifs is 1. The molecule has 0 bridgehead atoms. The van der Waals surface area contributed by atoms with Gasteiger partial charge in [0.05, 0.1) is 17.9 Å². The van der Waals surface area contributed by atoms with E-state index in [0.29, 0.717) is 13.0 Å². The second-order valence-electron chi connectivity index (χ2n) is 4.77. The van der Waals surface area contributed by atoms with E-state index in [4.69, 9.17) is 5.11 Å². The highest BCUT2D eigenvalue weighted by atomic mass is 79.9. The molecule has 3 rings (SSSR count). The number of rotatable bonds is 2. The fourth-order valence-corrected chi connectivity index (χ4v) is 2.78. The van der Waals surface area contributed by atoms with Gasteiger partial charge in [0.2, 0.25) is 0 Å². The van der Waals surface area contributed by atoms with Gasteiger partial charge in [-0.25, -0.2) is 4.98 Å². The van der Waals surface area contributed by atoms with Gasteiger partial charge in [-0.1, -0.05) is 28.1 Å². The summed E-state index contributed by atoms with van der Waals surface area (Å²) in [4.78, 5) is 15.5. The molecule has 1 aliphatic heterocycles. The first-order chi connectivity index (χ1) is 9.15. The zero-order valence-electron chi connectivity index (χ0n) is 10.2. The number of benzene rings is 1. The van der Waals surface area contributed by atoms with Crippen molar-refractivity contribution < 1.29 is 9.90 Å². The molecular weight excluding hydrogens is 308 g/mol. The van der Waals surface area contributed by atoms with Crippen molar-refractivity contribution >= 4 is 21.9 Å². The Hall–Kier alpha value is -1.62.